The molecule has 1 aromatic rings. The summed E-state index contributed by atoms with van der Waals surface area (Å²) >= 11 is 0. The summed E-state index contributed by atoms with van der Waals surface area (Å²) < 4.78 is 36.0. The fraction of sp³-hybridized carbons (Fsp3) is 0.500. The molecule has 0 radical (unpaired) electrons. The SMILES string of the molecule is O=C(NCC(F)(F)F)c1ccc(N2CCNCC2)cn1. The van der Waals surface area contributed by atoms with Crippen molar-refractivity contribution in [2.75, 3.05) is 37.6 Å². The number of amides is 1. The van der Waals surface area contributed by atoms with Crippen LogP contribution >= 0.6 is 0 Å². The Bertz CT molecular complexity index is 455. The minimum absolute atomic E-state index is 0.0202. The molecule has 2 rings (SSSR count). The first-order valence-electron chi connectivity index (χ1n) is 6.22. The van der Waals surface area contributed by atoms with E-state index in [0.717, 1.165) is 31.9 Å². The summed E-state index contributed by atoms with van der Waals surface area (Å²) in [7, 11) is 0. The normalized spacial score (nSPS) is 16.1. The average molecular weight is 288 g/mol. The highest BCUT2D eigenvalue weighted by Gasteiger charge is 2.28. The number of hydrogen-bond donors (Lipinski definition) is 2. The highest BCUT2D eigenvalue weighted by atomic mass is 19.4. The Morgan fingerprint density at radius 2 is 2.05 bits per heavy atom. The lowest BCUT2D eigenvalue weighted by molar-refractivity contribution is -0.123. The molecule has 1 aromatic heterocycles. The molecule has 0 aromatic carbocycles. The maximum atomic E-state index is 12.0. The number of anilines is 1. The van der Waals surface area contributed by atoms with Gasteiger partial charge in [-0.15, -0.1) is 0 Å². The first kappa shape index (κ1) is 14.6. The standard InChI is InChI=1S/C12H15F3N4O/c13-12(14,15)8-18-11(20)10-2-1-9(7-17-10)19-5-3-16-4-6-19/h1-2,7,16H,3-6,8H2,(H,18,20). The highest BCUT2D eigenvalue weighted by Crippen LogP contribution is 2.15. The molecular weight excluding hydrogens is 273 g/mol. The molecule has 0 bridgehead atoms. The Labute approximate surface area is 114 Å². The molecule has 2 heterocycles. The van der Waals surface area contributed by atoms with Gasteiger partial charge in [-0.05, 0) is 12.1 Å². The highest BCUT2D eigenvalue weighted by molar-refractivity contribution is 5.92. The smallest absolute Gasteiger partial charge is 0.368 e. The summed E-state index contributed by atoms with van der Waals surface area (Å²) in [6.45, 7) is 2.05. The molecule has 8 heteroatoms. The van der Waals surface area contributed by atoms with E-state index < -0.39 is 18.6 Å². The Morgan fingerprint density at radius 1 is 1.35 bits per heavy atom. The number of pyridine rings is 1. The predicted molar refractivity (Wildman–Crippen MR) is 67.7 cm³/mol. The number of piperazine rings is 1. The van der Waals surface area contributed by atoms with Gasteiger partial charge in [0.2, 0.25) is 0 Å². The summed E-state index contributed by atoms with van der Waals surface area (Å²) in [4.78, 5) is 17.5. The zero-order chi connectivity index (χ0) is 14.6. The maximum absolute atomic E-state index is 12.0. The van der Waals surface area contributed by atoms with Crippen molar-refractivity contribution in [1.82, 2.24) is 15.6 Å². The fourth-order valence-corrected chi connectivity index (χ4v) is 1.90. The number of halogens is 3. The molecule has 1 aliphatic heterocycles. The average Bonchev–Trinajstić information content (AvgIpc) is 2.45. The first-order valence-corrected chi connectivity index (χ1v) is 6.22. The lowest BCUT2D eigenvalue weighted by Gasteiger charge is -2.29. The molecule has 20 heavy (non-hydrogen) atoms. The first-order chi connectivity index (χ1) is 9.46. The van der Waals surface area contributed by atoms with Crippen molar-refractivity contribution in [3.63, 3.8) is 0 Å². The molecule has 0 aliphatic carbocycles. The van der Waals surface area contributed by atoms with Gasteiger partial charge in [0, 0.05) is 26.2 Å². The Morgan fingerprint density at radius 3 is 2.60 bits per heavy atom. The van der Waals surface area contributed by atoms with Crippen LogP contribution in [-0.4, -0.2) is 49.8 Å². The zero-order valence-electron chi connectivity index (χ0n) is 10.7. The van der Waals surface area contributed by atoms with Crippen molar-refractivity contribution in [3.05, 3.63) is 24.0 Å². The van der Waals surface area contributed by atoms with Crippen molar-refractivity contribution in [2.45, 2.75) is 6.18 Å². The van der Waals surface area contributed by atoms with Crippen molar-refractivity contribution in [3.8, 4) is 0 Å². The fourth-order valence-electron chi connectivity index (χ4n) is 1.90. The van der Waals surface area contributed by atoms with Gasteiger partial charge in [0.25, 0.3) is 5.91 Å². The van der Waals surface area contributed by atoms with E-state index in [-0.39, 0.29) is 5.69 Å². The van der Waals surface area contributed by atoms with Crippen LogP contribution in [0.1, 0.15) is 10.5 Å². The molecular formula is C12H15F3N4O. The number of aromatic nitrogens is 1. The van der Waals surface area contributed by atoms with E-state index >= 15 is 0 Å². The van der Waals surface area contributed by atoms with Gasteiger partial charge in [0.1, 0.15) is 12.2 Å². The number of rotatable bonds is 3. The van der Waals surface area contributed by atoms with E-state index in [9.17, 15) is 18.0 Å². The maximum Gasteiger partial charge on any atom is 0.405 e. The van der Waals surface area contributed by atoms with E-state index in [1.807, 2.05) is 0 Å². The molecule has 2 N–H and O–H groups in total. The third-order valence-corrected chi connectivity index (χ3v) is 2.91. The topological polar surface area (TPSA) is 57.3 Å². The summed E-state index contributed by atoms with van der Waals surface area (Å²) in [5, 5.41) is 5.00. The van der Waals surface area contributed by atoms with Crippen LogP contribution in [0.3, 0.4) is 0 Å². The monoisotopic (exact) mass is 288 g/mol. The van der Waals surface area contributed by atoms with Crippen LogP contribution in [0.15, 0.2) is 18.3 Å². The number of hydrogen-bond acceptors (Lipinski definition) is 4. The van der Waals surface area contributed by atoms with Crippen molar-refractivity contribution >= 4 is 11.6 Å². The Hall–Kier alpha value is -1.83. The van der Waals surface area contributed by atoms with Crippen LogP contribution in [0, 0.1) is 0 Å². The number of nitrogens with one attached hydrogen (secondary N) is 2. The van der Waals surface area contributed by atoms with E-state index in [4.69, 9.17) is 0 Å². The van der Waals surface area contributed by atoms with Crippen LogP contribution < -0.4 is 15.5 Å². The van der Waals surface area contributed by atoms with Crippen molar-refractivity contribution in [2.24, 2.45) is 0 Å². The van der Waals surface area contributed by atoms with Crippen molar-refractivity contribution in [1.29, 1.82) is 0 Å². The summed E-state index contributed by atoms with van der Waals surface area (Å²) in [6, 6.07) is 3.13. The lowest BCUT2D eigenvalue weighted by Crippen LogP contribution is -2.43. The molecule has 1 aliphatic rings. The Kier molecular flexibility index (Phi) is 4.43. The third-order valence-electron chi connectivity index (χ3n) is 2.91. The lowest BCUT2D eigenvalue weighted by atomic mass is 10.2. The van der Waals surface area contributed by atoms with Gasteiger partial charge in [-0.25, -0.2) is 4.98 Å². The second-order valence-electron chi connectivity index (χ2n) is 4.44. The van der Waals surface area contributed by atoms with E-state index in [0.29, 0.717) is 0 Å². The third kappa shape index (κ3) is 4.09. The molecule has 5 nitrogen and oxygen atoms in total. The molecule has 1 saturated heterocycles. The summed E-state index contributed by atoms with van der Waals surface area (Å²) in [5.74, 6) is -0.825. The minimum atomic E-state index is -4.42. The van der Waals surface area contributed by atoms with Gasteiger partial charge in [0.05, 0.1) is 11.9 Å². The number of carbonyl (C=O) groups is 1. The molecule has 0 unspecified atom stereocenters. The number of nitrogens with zero attached hydrogens (tertiary/aromatic N) is 2. The van der Waals surface area contributed by atoms with Crippen LogP contribution in [-0.2, 0) is 0 Å². The van der Waals surface area contributed by atoms with Gasteiger partial charge in [-0.3, -0.25) is 4.79 Å². The van der Waals surface area contributed by atoms with Gasteiger partial charge < -0.3 is 15.5 Å². The molecule has 0 saturated carbocycles. The molecule has 1 fully saturated rings. The second kappa shape index (κ2) is 6.08. The quantitative estimate of drug-likeness (QED) is 0.863. The molecule has 0 atom stereocenters. The van der Waals surface area contributed by atoms with Gasteiger partial charge in [-0.1, -0.05) is 0 Å². The van der Waals surface area contributed by atoms with E-state index in [1.165, 1.54) is 12.3 Å². The molecule has 0 spiro atoms. The van der Waals surface area contributed by atoms with Crippen LogP contribution in [0.25, 0.3) is 0 Å². The second-order valence-corrected chi connectivity index (χ2v) is 4.44. The summed E-state index contributed by atoms with van der Waals surface area (Å²) in [5.41, 5.74) is 0.840. The van der Waals surface area contributed by atoms with Crippen LogP contribution in [0.4, 0.5) is 18.9 Å². The number of carbonyl (C=O) groups excluding carboxylic acids is 1. The largest absolute Gasteiger partial charge is 0.405 e. The van der Waals surface area contributed by atoms with Gasteiger partial charge >= 0.3 is 6.18 Å². The summed E-state index contributed by atoms with van der Waals surface area (Å²) in [6.07, 6.45) is -2.91. The zero-order valence-corrected chi connectivity index (χ0v) is 10.7. The van der Waals surface area contributed by atoms with Gasteiger partial charge in [-0.2, -0.15) is 13.2 Å². The molecule has 110 valence electrons. The molecule has 1 amide bonds. The van der Waals surface area contributed by atoms with Crippen molar-refractivity contribution < 1.29 is 18.0 Å². The van der Waals surface area contributed by atoms with Crippen LogP contribution in [0.2, 0.25) is 0 Å². The predicted octanol–water partition coefficient (Wildman–Crippen LogP) is 0.783. The van der Waals surface area contributed by atoms with Gasteiger partial charge in [0.15, 0.2) is 0 Å². The van der Waals surface area contributed by atoms with Crippen LogP contribution in [0.5, 0.6) is 0 Å². The Balaban J connectivity index is 1.95. The minimum Gasteiger partial charge on any atom is -0.368 e. The van der Waals surface area contributed by atoms with E-state index in [1.54, 1.807) is 11.4 Å². The van der Waals surface area contributed by atoms with E-state index in [2.05, 4.69) is 15.2 Å². The number of alkyl halides is 3.